The number of phenols is 1. The van der Waals surface area contributed by atoms with E-state index in [4.69, 9.17) is 4.74 Å². The number of anilines is 1. The molecule has 1 atom stereocenters. The van der Waals surface area contributed by atoms with Crippen molar-refractivity contribution in [3.05, 3.63) is 54.1 Å². The predicted octanol–water partition coefficient (Wildman–Crippen LogP) is 2.35. The summed E-state index contributed by atoms with van der Waals surface area (Å²) in [6.45, 7) is 1.73. The summed E-state index contributed by atoms with van der Waals surface area (Å²) in [5.74, 6) is 0.572. The first-order chi connectivity index (χ1) is 11.1. The van der Waals surface area contributed by atoms with Gasteiger partial charge in [0.25, 0.3) is 5.91 Å². The number of hydrogen-bond acceptors (Lipinski definition) is 5. The summed E-state index contributed by atoms with van der Waals surface area (Å²) >= 11 is 0. The molecular formula is C17H19N3O3. The van der Waals surface area contributed by atoms with Crippen LogP contribution >= 0.6 is 0 Å². The standard InChI is InChI=1S/C17H19N3O3/c1-12(19-14-7-9-15(23-2)10-8-14)17(22)20-18-11-13-5-3-4-6-16(13)21/h3-12,19,21H,1-2H3,(H,20,22). The molecule has 1 unspecified atom stereocenters. The third-order valence-electron chi connectivity index (χ3n) is 3.18. The average molecular weight is 313 g/mol. The Balaban J connectivity index is 1.88. The van der Waals surface area contributed by atoms with Crippen LogP contribution in [0.25, 0.3) is 0 Å². The summed E-state index contributed by atoms with van der Waals surface area (Å²) in [7, 11) is 1.60. The molecule has 0 aromatic heterocycles. The molecular weight excluding hydrogens is 294 g/mol. The third-order valence-corrected chi connectivity index (χ3v) is 3.18. The number of hydrazone groups is 1. The minimum Gasteiger partial charge on any atom is -0.507 e. The van der Waals surface area contributed by atoms with E-state index in [9.17, 15) is 9.90 Å². The molecule has 0 heterocycles. The number of carbonyl (C=O) groups is 1. The van der Waals surface area contributed by atoms with Crippen molar-refractivity contribution in [2.75, 3.05) is 12.4 Å². The molecule has 6 nitrogen and oxygen atoms in total. The molecule has 0 aliphatic rings. The molecule has 0 aliphatic heterocycles. The summed E-state index contributed by atoms with van der Waals surface area (Å²) in [6, 6.07) is 13.5. The number of nitrogens with one attached hydrogen (secondary N) is 2. The van der Waals surface area contributed by atoms with Crippen molar-refractivity contribution in [3.8, 4) is 11.5 Å². The number of ether oxygens (including phenoxy) is 1. The lowest BCUT2D eigenvalue weighted by molar-refractivity contribution is -0.121. The van der Waals surface area contributed by atoms with Crippen molar-refractivity contribution in [1.29, 1.82) is 0 Å². The molecule has 1 amide bonds. The van der Waals surface area contributed by atoms with E-state index in [0.717, 1.165) is 11.4 Å². The van der Waals surface area contributed by atoms with Gasteiger partial charge in [-0.05, 0) is 43.3 Å². The van der Waals surface area contributed by atoms with Gasteiger partial charge in [0.2, 0.25) is 0 Å². The highest BCUT2D eigenvalue weighted by molar-refractivity contribution is 5.87. The Morgan fingerprint density at radius 1 is 1.22 bits per heavy atom. The Labute approximate surface area is 134 Å². The highest BCUT2D eigenvalue weighted by atomic mass is 16.5. The number of benzene rings is 2. The van der Waals surface area contributed by atoms with Crippen LogP contribution in [0.15, 0.2) is 53.6 Å². The summed E-state index contributed by atoms with van der Waals surface area (Å²) in [4.78, 5) is 12.0. The zero-order valence-corrected chi connectivity index (χ0v) is 13.0. The van der Waals surface area contributed by atoms with Gasteiger partial charge < -0.3 is 15.2 Å². The molecule has 23 heavy (non-hydrogen) atoms. The zero-order chi connectivity index (χ0) is 16.7. The maximum Gasteiger partial charge on any atom is 0.262 e. The molecule has 0 saturated carbocycles. The third kappa shape index (κ3) is 4.74. The SMILES string of the molecule is COc1ccc(NC(C)C(=O)NN=Cc2ccccc2O)cc1. The Kier molecular flexibility index (Phi) is 5.57. The van der Waals surface area contributed by atoms with Crippen LogP contribution in [0.1, 0.15) is 12.5 Å². The first-order valence-corrected chi connectivity index (χ1v) is 7.11. The summed E-state index contributed by atoms with van der Waals surface area (Å²) < 4.78 is 5.08. The van der Waals surface area contributed by atoms with Crippen molar-refractivity contribution in [1.82, 2.24) is 5.43 Å². The quantitative estimate of drug-likeness (QED) is 0.565. The molecule has 0 spiro atoms. The minimum absolute atomic E-state index is 0.106. The molecule has 3 N–H and O–H groups in total. The van der Waals surface area contributed by atoms with E-state index < -0.39 is 6.04 Å². The van der Waals surface area contributed by atoms with E-state index in [-0.39, 0.29) is 11.7 Å². The molecule has 120 valence electrons. The van der Waals surface area contributed by atoms with Gasteiger partial charge in [0.15, 0.2) is 0 Å². The van der Waals surface area contributed by atoms with Crippen molar-refractivity contribution in [2.45, 2.75) is 13.0 Å². The van der Waals surface area contributed by atoms with Gasteiger partial charge in [-0.2, -0.15) is 5.10 Å². The fourth-order valence-corrected chi connectivity index (χ4v) is 1.86. The van der Waals surface area contributed by atoms with Crippen LogP contribution in [0.5, 0.6) is 11.5 Å². The maximum absolute atomic E-state index is 12.0. The molecule has 0 fully saturated rings. The lowest BCUT2D eigenvalue weighted by Crippen LogP contribution is -2.34. The Morgan fingerprint density at radius 2 is 1.91 bits per heavy atom. The second-order valence-electron chi connectivity index (χ2n) is 4.89. The summed E-state index contributed by atoms with van der Waals surface area (Å²) in [5, 5.41) is 16.5. The van der Waals surface area contributed by atoms with Crippen molar-refractivity contribution < 1.29 is 14.6 Å². The fourth-order valence-electron chi connectivity index (χ4n) is 1.86. The highest BCUT2D eigenvalue weighted by Gasteiger charge is 2.11. The van der Waals surface area contributed by atoms with Gasteiger partial charge in [0.1, 0.15) is 17.5 Å². The Morgan fingerprint density at radius 3 is 2.57 bits per heavy atom. The molecule has 0 radical (unpaired) electrons. The van der Waals surface area contributed by atoms with Crippen LogP contribution in [-0.2, 0) is 4.79 Å². The van der Waals surface area contributed by atoms with Crippen molar-refractivity contribution in [2.24, 2.45) is 5.10 Å². The van der Waals surface area contributed by atoms with Gasteiger partial charge in [-0.15, -0.1) is 0 Å². The Bertz CT molecular complexity index is 684. The lowest BCUT2D eigenvalue weighted by Gasteiger charge is -2.13. The fraction of sp³-hybridized carbons (Fsp3) is 0.176. The monoisotopic (exact) mass is 313 g/mol. The zero-order valence-electron chi connectivity index (χ0n) is 13.0. The molecule has 2 aromatic carbocycles. The topological polar surface area (TPSA) is 83.0 Å². The van der Waals surface area contributed by atoms with E-state index in [2.05, 4.69) is 15.8 Å². The van der Waals surface area contributed by atoms with Crippen molar-refractivity contribution >= 4 is 17.8 Å². The number of carbonyl (C=O) groups excluding carboxylic acids is 1. The van der Waals surface area contributed by atoms with E-state index >= 15 is 0 Å². The molecule has 2 aromatic rings. The number of amides is 1. The molecule has 6 heteroatoms. The predicted molar refractivity (Wildman–Crippen MR) is 89.9 cm³/mol. The molecule has 0 aliphatic carbocycles. The van der Waals surface area contributed by atoms with Gasteiger partial charge in [-0.3, -0.25) is 4.79 Å². The van der Waals surface area contributed by atoms with Gasteiger partial charge in [0.05, 0.1) is 13.3 Å². The normalized spacial score (nSPS) is 11.9. The second-order valence-corrected chi connectivity index (χ2v) is 4.89. The van der Waals surface area contributed by atoms with E-state index in [0.29, 0.717) is 5.56 Å². The number of phenolic OH excluding ortho intramolecular Hbond substituents is 1. The highest BCUT2D eigenvalue weighted by Crippen LogP contribution is 2.16. The van der Waals surface area contributed by atoms with Crippen LogP contribution < -0.4 is 15.5 Å². The maximum atomic E-state index is 12.0. The number of rotatable bonds is 6. The van der Waals surface area contributed by atoms with Crippen LogP contribution in [0.4, 0.5) is 5.69 Å². The second kappa shape index (κ2) is 7.84. The van der Waals surface area contributed by atoms with E-state index in [1.54, 1.807) is 38.3 Å². The van der Waals surface area contributed by atoms with Crippen LogP contribution in [0.2, 0.25) is 0 Å². The van der Waals surface area contributed by atoms with Gasteiger partial charge in [-0.1, -0.05) is 12.1 Å². The van der Waals surface area contributed by atoms with Crippen LogP contribution in [-0.4, -0.2) is 30.4 Å². The smallest absolute Gasteiger partial charge is 0.262 e. The van der Waals surface area contributed by atoms with Crippen LogP contribution in [0.3, 0.4) is 0 Å². The largest absolute Gasteiger partial charge is 0.507 e. The number of hydrogen-bond donors (Lipinski definition) is 3. The first-order valence-electron chi connectivity index (χ1n) is 7.11. The Hall–Kier alpha value is -3.02. The van der Waals surface area contributed by atoms with Gasteiger partial charge in [0, 0.05) is 11.3 Å². The summed E-state index contributed by atoms with van der Waals surface area (Å²) in [6.07, 6.45) is 1.40. The van der Waals surface area contributed by atoms with Gasteiger partial charge >= 0.3 is 0 Å². The summed E-state index contributed by atoms with van der Waals surface area (Å²) in [5.41, 5.74) is 3.77. The molecule has 0 saturated heterocycles. The lowest BCUT2D eigenvalue weighted by atomic mass is 10.2. The number of methoxy groups -OCH3 is 1. The van der Waals surface area contributed by atoms with E-state index in [1.165, 1.54) is 6.21 Å². The number of para-hydroxylation sites is 1. The average Bonchev–Trinajstić information content (AvgIpc) is 2.57. The molecule has 0 bridgehead atoms. The van der Waals surface area contributed by atoms with E-state index in [1.807, 2.05) is 24.3 Å². The van der Waals surface area contributed by atoms with Crippen molar-refractivity contribution in [3.63, 3.8) is 0 Å². The number of aromatic hydroxyl groups is 1. The molecule has 2 rings (SSSR count). The minimum atomic E-state index is -0.468. The van der Waals surface area contributed by atoms with Crippen LogP contribution in [0, 0.1) is 0 Å². The first kappa shape index (κ1) is 16.4. The number of nitrogens with zero attached hydrogens (tertiary/aromatic N) is 1. The van der Waals surface area contributed by atoms with Gasteiger partial charge in [-0.25, -0.2) is 5.43 Å².